The van der Waals surface area contributed by atoms with Crippen LogP contribution >= 0.6 is 11.3 Å². The molecule has 0 aliphatic carbocycles. The molecule has 2 aromatic carbocycles. The van der Waals surface area contributed by atoms with Gasteiger partial charge in [0.2, 0.25) is 0 Å². The number of benzene rings is 2. The van der Waals surface area contributed by atoms with Crippen molar-refractivity contribution in [3.05, 3.63) is 77.2 Å². The lowest BCUT2D eigenvalue weighted by molar-refractivity contribution is -0.136. The fourth-order valence-electron chi connectivity index (χ4n) is 2.57. The van der Waals surface area contributed by atoms with Gasteiger partial charge in [0.15, 0.2) is 0 Å². The number of nitriles is 1. The van der Waals surface area contributed by atoms with Crippen molar-refractivity contribution in [2.24, 2.45) is 0 Å². The third-order valence-electron chi connectivity index (χ3n) is 4.06. The van der Waals surface area contributed by atoms with Gasteiger partial charge < -0.3 is 15.7 Å². The highest BCUT2D eigenvalue weighted by Gasteiger charge is 2.17. The molecule has 1 aromatic heterocycles. The van der Waals surface area contributed by atoms with Gasteiger partial charge in [0.05, 0.1) is 17.4 Å². The zero-order valence-electron chi connectivity index (χ0n) is 14.8. The van der Waals surface area contributed by atoms with E-state index in [4.69, 9.17) is 5.26 Å². The summed E-state index contributed by atoms with van der Waals surface area (Å²) in [7, 11) is 0. The largest absolute Gasteiger partial charge is 0.387 e. The lowest BCUT2D eigenvalue weighted by Crippen LogP contribution is -2.37. The van der Waals surface area contributed by atoms with Gasteiger partial charge in [0, 0.05) is 11.4 Å². The number of amides is 2. The molecule has 1 unspecified atom stereocenters. The number of rotatable bonds is 5. The molecule has 1 heterocycles. The minimum absolute atomic E-state index is 0.107. The minimum atomic E-state index is -0.944. The maximum absolute atomic E-state index is 12.0. The van der Waals surface area contributed by atoms with E-state index in [2.05, 4.69) is 10.6 Å². The van der Waals surface area contributed by atoms with Crippen molar-refractivity contribution >= 4 is 28.8 Å². The van der Waals surface area contributed by atoms with Crippen molar-refractivity contribution in [2.45, 2.75) is 6.10 Å². The molecule has 6 nitrogen and oxygen atoms in total. The average molecular weight is 391 g/mol. The minimum Gasteiger partial charge on any atom is -0.387 e. The van der Waals surface area contributed by atoms with E-state index >= 15 is 0 Å². The third kappa shape index (κ3) is 4.62. The molecule has 3 rings (SSSR count). The Kier molecular flexibility index (Phi) is 6.17. The van der Waals surface area contributed by atoms with Crippen molar-refractivity contribution < 1.29 is 14.7 Å². The van der Waals surface area contributed by atoms with Gasteiger partial charge in [-0.05, 0) is 34.7 Å². The van der Waals surface area contributed by atoms with Gasteiger partial charge in [-0.3, -0.25) is 9.59 Å². The number of aliphatic hydroxyl groups excluding tert-OH is 1. The number of nitrogens with zero attached hydrogens (tertiary/aromatic N) is 1. The van der Waals surface area contributed by atoms with Gasteiger partial charge in [-0.2, -0.15) is 5.26 Å². The maximum Gasteiger partial charge on any atom is 0.313 e. The highest BCUT2D eigenvalue weighted by molar-refractivity contribution is 7.13. The first-order chi connectivity index (χ1) is 13.6. The monoisotopic (exact) mass is 391 g/mol. The fraction of sp³-hybridized carbons (Fsp3) is 0.0952. The predicted molar refractivity (Wildman–Crippen MR) is 108 cm³/mol. The van der Waals surface area contributed by atoms with Crippen molar-refractivity contribution in [1.82, 2.24) is 5.32 Å². The molecule has 28 heavy (non-hydrogen) atoms. The Morgan fingerprint density at radius 3 is 2.46 bits per heavy atom. The van der Waals surface area contributed by atoms with Crippen LogP contribution in [0.2, 0.25) is 0 Å². The molecule has 0 saturated heterocycles. The summed E-state index contributed by atoms with van der Waals surface area (Å²) >= 11 is 1.63. The first-order valence-electron chi connectivity index (χ1n) is 8.48. The summed E-state index contributed by atoms with van der Waals surface area (Å²) in [5, 5.41) is 26.1. The Bertz CT molecular complexity index is 1010. The zero-order chi connectivity index (χ0) is 19.9. The average Bonchev–Trinajstić information content (AvgIpc) is 3.27. The Morgan fingerprint density at radius 1 is 1.04 bits per heavy atom. The van der Waals surface area contributed by atoms with Crippen LogP contribution in [-0.4, -0.2) is 23.5 Å². The number of anilines is 1. The standard InChI is InChI=1S/C21H17N3O3S/c22-12-16-4-1-2-5-17(16)24-21(27)20(26)23-13-18(25)14-7-9-15(10-8-14)19-6-3-11-28-19/h1-11,18,25H,13H2,(H,23,26)(H,24,27). The molecule has 7 heteroatoms. The van der Waals surface area contributed by atoms with Crippen LogP contribution in [-0.2, 0) is 9.59 Å². The SMILES string of the molecule is N#Cc1ccccc1NC(=O)C(=O)NCC(O)c1ccc(-c2cccs2)cc1. The summed E-state index contributed by atoms with van der Waals surface area (Å²) in [4.78, 5) is 25.1. The number of thiophene rings is 1. The van der Waals surface area contributed by atoms with E-state index in [1.54, 1.807) is 35.6 Å². The van der Waals surface area contributed by atoms with E-state index in [0.717, 1.165) is 10.4 Å². The summed E-state index contributed by atoms with van der Waals surface area (Å²) in [6, 6.07) is 19.7. The second kappa shape index (κ2) is 8.95. The number of aliphatic hydroxyl groups is 1. The quantitative estimate of drug-likeness (QED) is 0.582. The van der Waals surface area contributed by atoms with Crippen LogP contribution in [0.25, 0.3) is 10.4 Å². The van der Waals surface area contributed by atoms with E-state index in [-0.39, 0.29) is 17.8 Å². The van der Waals surface area contributed by atoms with Crippen LogP contribution in [0, 0.1) is 11.3 Å². The Labute approximate surface area is 166 Å². The third-order valence-corrected chi connectivity index (χ3v) is 4.98. The van der Waals surface area contributed by atoms with E-state index in [0.29, 0.717) is 5.56 Å². The van der Waals surface area contributed by atoms with Crippen LogP contribution < -0.4 is 10.6 Å². The van der Waals surface area contributed by atoms with Crippen LogP contribution in [0.15, 0.2) is 66.0 Å². The predicted octanol–water partition coefficient (Wildman–Crippen LogP) is 3.08. The van der Waals surface area contributed by atoms with Crippen molar-refractivity contribution in [3.63, 3.8) is 0 Å². The van der Waals surface area contributed by atoms with E-state index < -0.39 is 17.9 Å². The molecular formula is C21H17N3O3S. The summed E-state index contributed by atoms with van der Waals surface area (Å²) in [6.45, 7) is -0.107. The van der Waals surface area contributed by atoms with Crippen LogP contribution in [0.3, 0.4) is 0 Å². The second-order valence-corrected chi connectivity index (χ2v) is 6.88. The van der Waals surface area contributed by atoms with Crippen LogP contribution in [0.5, 0.6) is 0 Å². The van der Waals surface area contributed by atoms with Gasteiger partial charge >= 0.3 is 11.8 Å². The molecule has 3 N–H and O–H groups in total. The summed E-state index contributed by atoms with van der Waals surface area (Å²) in [5.41, 5.74) is 2.20. The highest BCUT2D eigenvalue weighted by atomic mass is 32.1. The molecule has 0 saturated carbocycles. The molecule has 0 aliphatic heterocycles. The number of carbonyl (C=O) groups is 2. The van der Waals surface area contributed by atoms with E-state index in [1.807, 2.05) is 35.7 Å². The van der Waals surface area contributed by atoms with Gasteiger partial charge in [-0.1, -0.05) is 42.5 Å². The second-order valence-electron chi connectivity index (χ2n) is 5.94. The molecule has 0 radical (unpaired) electrons. The Morgan fingerprint density at radius 2 is 1.79 bits per heavy atom. The van der Waals surface area contributed by atoms with Gasteiger partial charge in [-0.25, -0.2) is 0 Å². The lowest BCUT2D eigenvalue weighted by Gasteiger charge is -2.13. The topological polar surface area (TPSA) is 102 Å². The van der Waals surface area contributed by atoms with Crippen molar-refractivity contribution in [2.75, 3.05) is 11.9 Å². The molecule has 0 spiro atoms. The number of hydrogen-bond acceptors (Lipinski definition) is 5. The summed E-state index contributed by atoms with van der Waals surface area (Å²) in [5.74, 6) is -1.79. The normalized spacial score (nSPS) is 11.3. The van der Waals surface area contributed by atoms with E-state index in [9.17, 15) is 14.7 Å². The number of nitrogens with one attached hydrogen (secondary N) is 2. The molecule has 0 bridgehead atoms. The first-order valence-corrected chi connectivity index (χ1v) is 9.36. The van der Waals surface area contributed by atoms with Crippen molar-refractivity contribution in [3.8, 4) is 16.5 Å². The van der Waals surface area contributed by atoms with E-state index in [1.165, 1.54) is 12.1 Å². The summed E-state index contributed by atoms with van der Waals surface area (Å²) < 4.78 is 0. The Balaban J connectivity index is 1.55. The zero-order valence-corrected chi connectivity index (χ0v) is 15.6. The smallest absolute Gasteiger partial charge is 0.313 e. The Hall–Kier alpha value is -3.47. The van der Waals surface area contributed by atoms with Gasteiger partial charge in [0.25, 0.3) is 0 Å². The fourth-order valence-corrected chi connectivity index (χ4v) is 3.30. The molecule has 3 aromatic rings. The van der Waals surface area contributed by atoms with Crippen LogP contribution in [0.1, 0.15) is 17.2 Å². The molecule has 140 valence electrons. The molecule has 1 atom stereocenters. The number of hydrogen-bond donors (Lipinski definition) is 3. The van der Waals surface area contributed by atoms with Gasteiger partial charge in [-0.15, -0.1) is 11.3 Å². The maximum atomic E-state index is 12.0. The highest BCUT2D eigenvalue weighted by Crippen LogP contribution is 2.25. The number of carbonyl (C=O) groups excluding carboxylic acids is 2. The van der Waals surface area contributed by atoms with Crippen molar-refractivity contribution in [1.29, 1.82) is 5.26 Å². The summed E-state index contributed by atoms with van der Waals surface area (Å²) in [6.07, 6.45) is -0.944. The molecular weight excluding hydrogens is 374 g/mol. The number of para-hydroxylation sites is 1. The first kappa shape index (κ1) is 19.3. The molecule has 0 aliphatic rings. The van der Waals surface area contributed by atoms with Gasteiger partial charge in [0.1, 0.15) is 6.07 Å². The van der Waals surface area contributed by atoms with Crippen LogP contribution in [0.4, 0.5) is 5.69 Å². The molecule has 2 amide bonds. The lowest BCUT2D eigenvalue weighted by atomic mass is 10.1. The molecule has 0 fully saturated rings.